The van der Waals surface area contributed by atoms with Gasteiger partial charge in [0.05, 0.1) is 29.9 Å². The summed E-state index contributed by atoms with van der Waals surface area (Å²) in [6.45, 7) is 2.44. The van der Waals surface area contributed by atoms with E-state index in [0.29, 0.717) is 12.5 Å². The minimum absolute atomic E-state index is 0.261. The lowest BCUT2D eigenvalue weighted by Gasteiger charge is -2.17. The van der Waals surface area contributed by atoms with Crippen molar-refractivity contribution in [3.05, 3.63) is 78.5 Å². The molecule has 1 unspecified atom stereocenters. The van der Waals surface area contributed by atoms with Crippen molar-refractivity contribution in [2.24, 2.45) is 0 Å². The van der Waals surface area contributed by atoms with E-state index in [1.165, 1.54) is 10.8 Å². The zero-order valence-corrected chi connectivity index (χ0v) is 17.2. The number of carbonyl (C=O) groups excluding carboxylic acids is 1. The molecule has 1 N–H and O–H groups in total. The molecule has 0 bridgehead atoms. The second-order valence-corrected chi connectivity index (χ2v) is 7.32. The summed E-state index contributed by atoms with van der Waals surface area (Å²) in [4.78, 5) is 11.2. The van der Waals surface area contributed by atoms with E-state index in [0.717, 1.165) is 10.9 Å². The summed E-state index contributed by atoms with van der Waals surface area (Å²) in [6.07, 6.45) is 1.60. The van der Waals surface area contributed by atoms with Crippen LogP contribution in [-0.2, 0) is 11.3 Å². The Morgan fingerprint density at radius 3 is 2.19 bits per heavy atom. The molecule has 0 aliphatic heterocycles. The summed E-state index contributed by atoms with van der Waals surface area (Å²) in [5.74, 6) is -4.71. The first-order chi connectivity index (χ1) is 14.8. The van der Waals surface area contributed by atoms with Crippen molar-refractivity contribution in [1.29, 1.82) is 5.26 Å². The average molecular weight is 420 g/mol. The van der Waals surface area contributed by atoms with Gasteiger partial charge in [0.1, 0.15) is 0 Å². The van der Waals surface area contributed by atoms with Crippen LogP contribution >= 0.6 is 0 Å². The predicted octanol–water partition coefficient (Wildman–Crippen LogP) is 4.91. The highest BCUT2D eigenvalue weighted by atomic mass is 19.3. The Bertz CT molecular complexity index is 1170. The Morgan fingerprint density at radius 1 is 1.10 bits per heavy atom. The number of nitrogens with one attached hydrogen (secondary N) is 1. The SMILES string of the molecule is CC(Cn1ncc2cc(C#N)ccc21)NC(=O)C(C)(F)F.c1ccc2ccccc2c1. The van der Waals surface area contributed by atoms with Gasteiger partial charge in [0.15, 0.2) is 0 Å². The summed E-state index contributed by atoms with van der Waals surface area (Å²) in [6, 6.07) is 23.3. The van der Waals surface area contributed by atoms with Crippen molar-refractivity contribution in [3.8, 4) is 6.07 Å². The first kappa shape index (κ1) is 21.9. The largest absolute Gasteiger partial charge is 0.347 e. The zero-order chi connectivity index (χ0) is 22.4. The maximum Gasteiger partial charge on any atom is 0.321 e. The van der Waals surface area contributed by atoms with Gasteiger partial charge in [-0.15, -0.1) is 0 Å². The Hall–Kier alpha value is -3.79. The molecule has 0 spiro atoms. The quantitative estimate of drug-likeness (QED) is 0.510. The van der Waals surface area contributed by atoms with Gasteiger partial charge in [-0.25, -0.2) is 0 Å². The van der Waals surface area contributed by atoms with E-state index in [9.17, 15) is 13.6 Å². The van der Waals surface area contributed by atoms with Gasteiger partial charge < -0.3 is 5.32 Å². The van der Waals surface area contributed by atoms with Crippen LogP contribution in [0.1, 0.15) is 19.4 Å². The van der Waals surface area contributed by atoms with Crippen molar-refractivity contribution in [2.75, 3.05) is 0 Å². The van der Waals surface area contributed by atoms with E-state index >= 15 is 0 Å². The molecule has 0 aliphatic rings. The number of nitriles is 1. The lowest BCUT2D eigenvalue weighted by Crippen LogP contribution is -2.44. The molecule has 0 saturated heterocycles. The van der Waals surface area contributed by atoms with Crippen LogP contribution < -0.4 is 5.32 Å². The molecule has 0 aliphatic carbocycles. The first-order valence-electron chi connectivity index (χ1n) is 9.76. The second-order valence-electron chi connectivity index (χ2n) is 7.32. The number of alkyl halides is 2. The van der Waals surface area contributed by atoms with Gasteiger partial charge in [0, 0.05) is 18.4 Å². The maximum atomic E-state index is 12.8. The lowest BCUT2D eigenvalue weighted by molar-refractivity contribution is -0.143. The van der Waals surface area contributed by atoms with Gasteiger partial charge in [-0.3, -0.25) is 9.48 Å². The molecule has 1 atom stereocenters. The van der Waals surface area contributed by atoms with E-state index in [-0.39, 0.29) is 6.54 Å². The van der Waals surface area contributed by atoms with Crippen LogP contribution in [0.3, 0.4) is 0 Å². The standard InChI is InChI=1S/C14H14F2N4O.C10H8/c1-9(19-13(21)14(2,15)16)8-20-12-4-3-10(6-17)5-11(12)7-18-20;1-2-6-10-8-4-3-7-9(10)5-1/h3-5,7,9H,8H2,1-2H3,(H,19,21);1-8H. The third kappa shape index (κ3) is 5.64. The van der Waals surface area contributed by atoms with Gasteiger partial charge in [-0.2, -0.15) is 19.1 Å². The third-order valence-corrected chi connectivity index (χ3v) is 4.65. The fourth-order valence-corrected chi connectivity index (χ4v) is 3.09. The van der Waals surface area contributed by atoms with Crippen molar-refractivity contribution in [1.82, 2.24) is 15.1 Å². The van der Waals surface area contributed by atoms with Crippen LogP contribution in [0.15, 0.2) is 72.9 Å². The van der Waals surface area contributed by atoms with Crippen molar-refractivity contribution < 1.29 is 13.6 Å². The molecule has 1 heterocycles. The van der Waals surface area contributed by atoms with Crippen molar-refractivity contribution >= 4 is 27.6 Å². The summed E-state index contributed by atoms with van der Waals surface area (Å²) < 4.78 is 27.3. The molecule has 0 fully saturated rings. The molecular weight excluding hydrogens is 398 g/mol. The number of amides is 1. The van der Waals surface area contributed by atoms with Crippen LogP contribution in [0.5, 0.6) is 0 Å². The summed E-state index contributed by atoms with van der Waals surface area (Å²) in [5.41, 5.74) is 1.30. The summed E-state index contributed by atoms with van der Waals surface area (Å²) in [7, 11) is 0. The predicted molar refractivity (Wildman–Crippen MR) is 117 cm³/mol. The summed E-state index contributed by atoms with van der Waals surface area (Å²) >= 11 is 0. The molecule has 5 nitrogen and oxygen atoms in total. The highest BCUT2D eigenvalue weighted by Gasteiger charge is 2.32. The molecule has 1 amide bonds. The third-order valence-electron chi connectivity index (χ3n) is 4.65. The molecule has 31 heavy (non-hydrogen) atoms. The number of nitrogens with zero attached hydrogens (tertiary/aromatic N) is 3. The van der Waals surface area contributed by atoms with Crippen LogP contribution in [-0.4, -0.2) is 27.7 Å². The minimum atomic E-state index is -3.40. The number of hydrogen-bond acceptors (Lipinski definition) is 3. The Balaban J connectivity index is 0.000000225. The molecule has 0 saturated carbocycles. The molecule has 4 aromatic rings. The number of rotatable bonds is 4. The first-order valence-corrected chi connectivity index (χ1v) is 9.76. The van der Waals surface area contributed by atoms with Crippen molar-refractivity contribution in [2.45, 2.75) is 32.4 Å². The van der Waals surface area contributed by atoms with Crippen molar-refractivity contribution in [3.63, 3.8) is 0 Å². The molecule has 1 aromatic heterocycles. The molecule has 158 valence electrons. The topological polar surface area (TPSA) is 70.7 Å². The fourth-order valence-electron chi connectivity index (χ4n) is 3.09. The summed E-state index contributed by atoms with van der Waals surface area (Å²) in [5, 5.41) is 18.6. The average Bonchev–Trinajstić information content (AvgIpc) is 3.15. The van der Waals surface area contributed by atoms with E-state index < -0.39 is 17.9 Å². The van der Waals surface area contributed by atoms with Crippen LogP contribution in [0.25, 0.3) is 21.7 Å². The number of halogens is 2. The number of aromatic nitrogens is 2. The number of carbonyl (C=O) groups is 1. The van der Waals surface area contributed by atoms with E-state index in [1.807, 2.05) is 6.07 Å². The smallest absolute Gasteiger partial charge is 0.321 e. The van der Waals surface area contributed by atoms with Crippen LogP contribution in [0, 0.1) is 11.3 Å². The molecule has 7 heteroatoms. The molecular formula is C24H22F2N4O. The molecule has 3 aromatic carbocycles. The number of benzene rings is 3. The van der Waals surface area contributed by atoms with E-state index in [1.54, 1.807) is 36.0 Å². The van der Waals surface area contributed by atoms with E-state index in [2.05, 4.69) is 58.9 Å². The normalized spacial score (nSPS) is 12.0. The zero-order valence-electron chi connectivity index (χ0n) is 17.2. The Labute approximate surface area is 178 Å². The van der Waals surface area contributed by atoms with Gasteiger partial charge in [-0.05, 0) is 35.9 Å². The van der Waals surface area contributed by atoms with E-state index in [4.69, 9.17) is 5.26 Å². The van der Waals surface area contributed by atoms with Gasteiger partial charge in [0.25, 0.3) is 5.91 Å². The van der Waals surface area contributed by atoms with Gasteiger partial charge in [-0.1, -0.05) is 48.5 Å². The van der Waals surface area contributed by atoms with Crippen LogP contribution in [0.2, 0.25) is 0 Å². The fraction of sp³-hybridized carbons (Fsp3) is 0.208. The minimum Gasteiger partial charge on any atom is -0.347 e. The Kier molecular flexibility index (Phi) is 6.61. The Morgan fingerprint density at radius 2 is 1.68 bits per heavy atom. The molecule has 4 rings (SSSR count). The highest BCUT2D eigenvalue weighted by molar-refractivity contribution is 5.83. The highest BCUT2D eigenvalue weighted by Crippen LogP contribution is 2.16. The monoisotopic (exact) mass is 420 g/mol. The van der Waals surface area contributed by atoms with Gasteiger partial charge in [0.2, 0.25) is 0 Å². The maximum absolute atomic E-state index is 12.8. The number of hydrogen-bond donors (Lipinski definition) is 1. The van der Waals surface area contributed by atoms with Crippen LogP contribution in [0.4, 0.5) is 8.78 Å². The lowest BCUT2D eigenvalue weighted by atomic mass is 10.1. The van der Waals surface area contributed by atoms with Gasteiger partial charge >= 0.3 is 5.92 Å². The second kappa shape index (κ2) is 9.35. The molecule has 0 radical (unpaired) electrons. The number of fused-ring (bicyclic) bond motifs is 2.